The first-order valence-corrected chi connectivity index (χ1v) is 18.0. The molecule has 0 aromatic heterocycles. The maximum atomic E-state index is 8.07. The largest absolute Gasteiger partial charge is 0.491 e. The minimum atomic E-state index is 0.243. The highest BCUT2D eigenvalue weighted by atomic mass is 16.5. The van der Waals surface area contributed by atoms with E-state index in [1.165, 1.54) is 0 Å². The molecule has 4 aromatic rings. The number of fused-ring (bicyclic) bond motifs is 8. The highest BCUT2D eigenvalue weighted by molar-refractivity contribution is 5.67. The number of nitrogens with zero attached hydrogens (tertiary/aromatic N) is 4. The van der Waals surface area contributed by atoms with Gasteiger partial charge in [0, 0.05) is 54.1 Å². The molecule has 1 aliphatic rings. The quantitative estimate of drug-likeness (QED) is 0.0730. The first-order chi connectivity index (χ1) is 27.4. The van der Waals surface area contributed by atoms with Gasteiger partial charge in [-0.1, -0.05) is 0 Å². The molecule has 0 amide bonds. The lowest BCUT2D eigenvalue weighted by molar-refractivity contribution is 0.144. The predicted molar refractivity (Wildman–Crippen MR) is 212 cm³/mol. The fourth-order valence-corrected chi connectivity index (χ4v) is 6.72. The Morgan fingerprint density at radius 1 is 0.339 bits per heavy atom. The van der Waals surface area contributed by atoms with E-state index in [0.29, 0.717) is 117 Å². The van der Waals surface area contributed by atoms with Crippen LogP contribution in [0.2, 0.25) is 0 Å². The van der Waals surface area contributed by atoms with Crippen LogP contribution in [0, 0.1) is 26.3 Å². The van der Waals surface area contributed by atoms with Gasteiger partial charge in [0.25, 0.3) is 0 Å². The summed E-state index contributed by atoms with van der Waals surface area (Å²) in [6.45, 7) is 34.5. The Bertz CT molecular complexity index is 1790. The average Bonchev–Trinajstić information content (AvgIpc) is 3.20. The lowest BCUT2D eigenvalue weighted by atomic mass is 9.90. The summed E-state index contributed by atoms with van der Waals surface area (Å²) in [6.07, 6.45) is 1.03. The second-order valence-electron chi connectivity index (χ2n) is 12.9. The standard InChI is InChI=1S/C44H44N4O8/c1-45-37-21-29-17-31-23-38(46-2)25-33(42(31)54-14-10-50-6)19-35-27-40(48-4)28-36(44(35)56-16-12-52-8)20-34-26-39(47-3)24-32(43(34)55-15-11-51-7)18-30(22-37)41(29)53-13-9-49-5/h21-28H,9-20H2,5-8H3. The van der Waals surface area contributed by atoms with E-state index < -0.39 is 0 Å². The van der Waals surface area contributed by atoms with Crippen molar-refractivity contribution in [3.05, 3.63) is 139 Å². The van der Waals surface area contributed by atoms with Crippen molar-refractivity contribution in [3.8, 4) is 23.0 Å². The van der Waals surface area contributed by atoms with Crippen molar-refractivity contribution in [1.82, 2.24) is 0 Å². The molecule has 12 heteroatoms. The molecule has 0 radical (unpaired) electrons. The van der Waals surface area contributed by atoms with Gasteiger partial charge in [-0.2, -0.15) is 0 Å². The van der Waals surface area contributed by atoms with Crippen LogP contribution in [-0.4, -0.2) is 81.3 Å². The smallest absolute Gasteiger partial charge is 0.188 e. The highest BCUT2D eigenvalue weighted by Crippen LogP contribution is 2.43. The van der Waals surface area contributed by atoms with E-state index in [1.807, 2.05) is 0 Å². The van der Waals surface area contributed by atoms with Gasteiger partial charge < -0.3 is 37.9 Å². The molecule has 0 aliphatic heterocycles. The van der Waals surface area contributed by atoms with Crippen molar-refractivity contribution in [3.63, 3.8) is 0 Å². The van der Waals surface area contributed by atoms with Gasteiger partial charge in [-0.25, -0.2) is 19.4 Å². The molecular weight excluding hydrogens is 713 g/mol. The van der Waals surface area contributed by atoms with Gasteiger partial charge in [0.1, 0.15) is 49.4 Å². The fraction of sp³-hybridized carbons (Fsp3) is 0.364. The maximum Gasteiger partial charge on any atom is 0.188 e. The summed E-state index contributed by atoms with van der Waals surface area (Å²) in [4.78, 5) is 15.4. The Kier molecular flexibility index (Phi) is 15.0. The monoisotopic (exact) mass is 756 g/mol. The lowest BCUT2D eigenvalue weighted by Gasteiger charge is -2.24. The number of benzene rings is 4. The molecule has 0 spiro atoms. The van der Waals surface area contributed by atoms with Crippen molar-refractivity contribution >= 4 is 22.7 Å². The van der Waals surface area contributed by atoms with Crippen molar-refractivity contribution < 1.29 is 37.9 Å². The first kappa shape index (κ1) is 41.1. The minimum Gasteiger partial charge on any atom is -0.491 e. The molecule has 56 heavy (non-hydrogen) atoms. The van der Waals surface area contributed by atoms with Crippen LogP contribution < -0.4 is 18.9 Å². The molecular formula is C44H44N4O8. The van der Waals surface area contributed by atoms with E-state index in [2.05, 4.69) is 19.4 Å². The molecule has 0 saturated heterocycles. The van der Waals surface area contributed by atoms with Crippen LogP contribution in [0.5, 0.6) is 23.0 Å². The van der Waals surface area contributed by atoms with Crippen LogP contribution in [0.15, 0.2) is 48.5 Å². The van der Waals surface area contributed by atoms with Crippen molar-refractivity contribution in [2.24, 2.45) is 0 Å². The van der Waals surface area contributed by atoms with Gasteiger partial charge in [0.15, 0.2) is 22.7 Å². The summed E-state index contributed by atoms with van der Waals surface area (Å²) in [7, 11) is 6.40. The van der Waals surface area contributed by atoms with Crippen LogP contribution in [0.4, 0.5) is 22.7 Å². The van der Waals surface area contributed by atoms with E-state index in [4.69, 9.17) is 64.2 Å². The Morgan fingerprint density at radius 2 is 0.518 bits per heavy atom. The Morgan fingerprint density at radius 3 is 0.661 bits per heavy atom. The Labute approximate surface area is 328 Å². The zero-order valence-corrected chi connectivity index (χ0v) is 32.2. The molecule has 4 aromatic carbocycles. The predicted octanol–water partition coefficient (Wildman–Crippen LogP) is 8.67. The van der Waals surface area contributed by atoms with Crippen LogP contribution in [0.25, 0.3) is 19.4 Å². The molecule has 0 unspecified atom stereocenters. The molecule has 0 heterocycles. The van der Waals surface area contributed by atoms with Gasteiger partial charge in [0.2, 0.25) is 0 Å². The zero-order valence-electron chi connectivity index (χ0n) is 32.2. The normalized spacial score (nSPS) is 11.7. The van der Waals surface area contributed by atoms with Crippen molar-refractivity contribution in [2.45, 2.75) is 25.7 Å². The third-order valence-corrected chi connectivity index (χ3v) is 9.09. The van der Waals surface area contributed by atoms with Crippen LogP contribution in [0.3, 0.4) is 0 Å². The molecule has 12 nitrogen and oxygen atoms in total. The zero-order chi connectivity index (χ0) is 39.9. The topological polar surface area (TPSA) is 91.3 Å². The van der Waals surface area contributed by atoms with E-state index >= 15 is 0 Å². The summed E-state index contributed by atoms with van der Waals surface area (Å²) in [5, 5.41) is 0. The summed E-state index contributed by atoms with van der Waals surface area (Å²) in [6, 6.07) is 14.4. The molecule has 8 bridgehead atoms. The van der Waals surface area contributed by atoms with Crippen LogP contribution >= 0.6 is 0 Å². The van der Waals surface area contributed by atoms with Gasteiger partial charge in [0.05, 0.1) is 52.7 Å². The third kappa shape index (κ3) is 10.1. The molecule has 288 valence electrons. The molecule has 5 rings (SSSR count). The first-order valence-electron chi connectivity index (χ1n) is 18.0. The summed E-state index contributed by atoms with van der Waals surface area (Å²) in [5.41, 5.74) is 7.33. The van der Waals surface area contributed by atoms with E-state index in [9.17, 15) is 0 Å². The highest BCUT2D eigenvalue weighted by Gasteiger charge is 2.24. The number of ether oxygens (including phenoxy) is 8. The molecule has 0 fully saturated rings. The Hall–Kier alpha value is -6.12. The van der Waals surface area contributed by atoms with Crippen LogP contribution in [0.1, 0.15) is 44.5 Å². The number of hydrogen-bond acceptors (Lipinski definition) is 8. The number of rotatable bonds is 16. The summed E-state index contributed by atoms with van der Waals surface area (Å²) >= 11 is 0. The van der Waals surface area contributed by atoms with Gasteiger partial charge in [-0.05, 0) is 93.0 Å². The van der Waals surface area contributed by atoms with Gasteiger partial charge >= 0.3 is 0 Å². The van der Waals surface area contributed by atoms with E-state index in [-0.39, 0.29) is 52.1 Å². The summed E-state index contributed by atoms with van der Waals surface area (Å²) in [5.74, 6) is 2.27. The second kappa shape index (κ2) is 20.5. The second-order valence-corrected chi connectivity index (χ2v) is 12.9. The van der Waals surface area contributed by atoms with Gasteiger partial charge in [-0.3, -0.25) is 0 Å². The molecule has 0 N–H and O–H groups in total. The number of methoxy groups -OCH3 is 4. The molecule has 0 atom stereocenters. The maximum absolute atomic E-state index is 8.07. The lowest BCUT2D eigenvalue weighted by Crippen LogP contribution is -2.13. The van der Waals surface area contributed by atoms with E-state index in [1.54, 1.807) is 77.0 Å². The number of hydrogen-bond donors (Lipinski definition) is 0. The molecule has 0 saturated carbocycles. The van der Waals surface area contributed by atoms with Gasteiger partial charge in [-0.15, -0.1) is 0 Å². The SMILES string of the molecule is [C-]#[N+]c1cc2c(OCCOC)c(c1)Cc1cc([N+]#[C-])cc(c1OCCOC)Cc1cc([N+]#[C-])cc(c1OCCOC)Cc1cc([N+]#[C-])cc(c1OCCOC)C2. The summed E-state index contributed by atoms with van der Waals surface area (Å²) < 4.78 is 47.3. The Balaban J connectivity index is 1.89. The molecule has 1 aliphatic carbocycles. The van der Waals surface area contributed by atoms with Crippen molar-refractivity contribution in [1.29, 1.82) is 0 Å². The third-order valence-electron chi connectivity index (χ3n) is 9.09. The minimum absolute atomic E-state index is 0.243. The average molecular weight is 757 g/mol. The fourth-order valence-electron chi connectivity index (χ4n) is 6.72. The van der Waals surface area contributed by atoms with Crippen molar-refractivity contribution in [2.75, 3.05) is 81.3 Å². The van der Waals surface area contributed by atoms with E-state index in [0.717, 1.165) is 0 Å². The van der Waals surface area contributed by atoms with Crippen LogP contribution in [-0.2, 0) is 44.6 Å².